The number of rotatable bonds is 25. The molecule has 0 bridgehead atoms. The molecule has 0 aliphatic carbocycles. The van der Waals surface area contributed by atoms with Gasteiger partial charge in [-0.2, -0.15) is 0 Å². The third kappa shape index (κ3) is 20.0. The number of aliphatic carboxylic acids is 4. The van der Waals surface area contributed by atoms with Crippen LogP contribution in [0, 0.1) is 0 Å². The highest BCUT2D eigenvalue weighted by Gasteiger charge is 2.25. The molecule has 0 spiro atoms. The van der Waals surface area contributed by atoms with Gasteiger partial charge in [0.1, 0.15) is 18.1 Å². The van der Waals surface area contributed by atoms with Crippen molar-refractivity contribution in [2.24, 2.45) is 5.73 Å². The quantitative estimate of drug-likeness (QED) is 0.0641. The summed E-state index contributed by atoms with van der Waals surface area (Å²) in [6.07, 6.45) is 4.66. The molecule has 0 radical (unpaired) electrons. The Balaban J connectivity index is 4.10. The molecule has 0 heterocycles. The van der Waals surface area contributed by atoms with E-state index in [1.54, 1.807) is 0 Å². The normalized spacial score (nSPS) is 12.8. The molecule has 0 aromatic rings. The van der Waals surface area contributed by atoms with Crippen molar-refractivity contribution >= 4 is 41.7 Å². The predicted octanol–water partition coefficient (Wildman–Crippen LogP) is 0.382. The lowest BCUT2D eigenvalue weighted by molar-refractivity contribution is -0.142. The summed E-state index contributed by atoms with van der Waals surface area (Å²) in [4.78, 5) is 80.5. The van der Waals surface area contributed by atoms with E-state index in [0.29, 0.717) is 70.9 Å². The van der Waals surface area contributed by atoms with Crippen LogP contribution in [0.3, 0.4) is 0 Å². The van der Waals surface area contributed by atoms with Crippen molar-refractivity contribution in [2.45, 2.75) is 108 Å². The number of hydrogen-bond acceptors (Lipinski definition) is 8. The lowest BCUT2D eigenvalue weighted by atomic mass is 10.1. The Morgan fingerprint density at radius 2 is 1.00 bits per heavy atom. The fourth-order valence-electron chi connectivity index (χ4n) is 3.87. The van der Waals surface area contributed by atoms with E-state index in [0.717, 1.165) is 0 Å². The standard InChI is InChI=1S/C26H45N5O11/c27-15-7-5-9-17(23(36)37)29-21(33)12-4-2-1-3-11-20(32)28-16-8-6-10-18(24(38)39)30-26(42)31-19(25(40)41)13-14-22(34)35/h17-19H,1-16,27H2,(H,28,32)(H,29,33)(H,34,35)(H,36,37)(H,38,39)(H,40,41)(H2,30,31,42)/t17?,18-,19-/m0/s1. The van der Waals surface area contributed by atoms with Gasteiger partial charge in [0.25, 0.3) is 0 Å². The molecule has 4 amide bonds. The Morgan fingerprint density at radius 1 is 0.524 bits per heavy atom. The maximum Gasteiger partial charge on any atom is 0.326 e. The first kappa shape index (κ1) is 38.0. The minimum atomic E-state index is -1.49. The van der Waals surface area contributed by atoms with E-state index < -0.39 is 54.5 Å². The van der Waals surface area contributed by atoms with Gasteiger partial charge in [0, 0.05) is 25.8 Å². The molecule has 240 valence electrons. The topological polar surface area (TPSA) is 275 Å². The van der Waals surface area contributed by atoms with Crippen LogP contribution in [0.25, 0.3) is 0 Å². The molecule has 1 unspecified atom stereocenters. The summed E-state index contributed by atoms with van der Waals surface area (Å²) in [6.45, 7) is 0.758. The predicted molar refractivity (Wildman–Crippen MR) is 148 cm³/mol. The third-order valence-corrected chi connectivity index (χ3v) is 6.23. The number of carbonyl (C=O) groups excluding carboxylic acids is 3. The average Bonchev–Trinajstić information content (AvgIpc) is 2.91. The number of nitrogens with two attached hydrogens (primary N) is 1. The van der Waals surface area contributed by atoms with E-state index in [4.69, 9.17) is 15.9 Å². The summed E-state index contributed by atoms with van der Waals surface area (Å²) in [5, 5.41) is 45.7. The first-order valence-corrected chi connectivity index (χ1v) is 14.1. The SMILES string of the molecule is NCCCCC(NC(=O)CCCCCCC(=O)NCCCC[C@H](NC(=O)N[C@@H](CCC(=O)O)C(=O)O)C(=O)O)C(=O)O. The molecule has 10 N–H and O–H groups in total. The zero-order valence-electron chi connectivity index (χ0n) is 23.8. The second-order valence-corrected chi connectivity index (χ2v) is 9.83. The molecule has 3 atom stereocenters. The van der Waals surface area contributed by atoms with Gasteiger partial charge in [-0.3, -0.25) is 14.4 Å². The number of carboxylic acids is 4. The fourth-order valence-corrected chi connectivity index (χ4v) is 3.87. The van der Waals surface area contributed by atoms with Crippen molar-refractivity contribution < 1.29 is 54.0 Å². The van der Waals surface area contributed by atoms with Crippen molar-refractivity contribution in [1.82, 2.24) is 21.3 Å². The van der Waals surface area contributed by atoms with E-state index in [2.05, 4.69) is 21.3 Å². The first-order valence-electron chi connectivity index (χ1n) is 14.1. The molecule has 0 saturated carbocycles. The van der Waals surface area contributed by atoms with E-state index in [9.17, 15) is 43.8 Å². The van der Waals surface area contributed by atoms with Crippen LogP contribution in [0.2, 0.25) is 0 Å². The Kier molecular flexibility index (Phi) is 20.6. The van der Waals surface area contributed by atoms with Crippen LogP contribution in [-0.2, 0) is 28.8 Å². The van der Waals surface area contributed by atoms with Gasteiger partial charge in [0.2, 0.25) is 11.8 Å². The summed E-state index contributed by atoms with van der Waals surface area (Å²) >= 11 is 0. The lowest BCUT2D eigenvalue weighted by Crippen LogP contribution is -2.51. The van der Waals surface area contributed by atoms with Crippen LogP contribution in [-0.4, -0.2) is 93.4 Å². The summed E-state index contributed by atoms with van der Waals surface area (Å²) < 4.78 is 0. The summed E-state index contributed by atoms with van der Waals surface area (Å²) in [5.41, 5.74) is 5.40. The second kappa shape index (κ2) is 22.7. The molecule has 16 nitrogen and oxygen atoms in total. The molecule has 0 saturated heterocycles. The lowest BCUT2D eigenvalue weighted by Gasteiger charge is -2.18. The van der Waals surface area contributed by atoms with Crippen LogP contribution in [0.4, 0.5) is 4.79 Å². The summed E-state index contributed by atoms with van der Waals surface area (Å²) in [7, 11) is 0. The number of urea groups is 1. The largest absolute Gasteiger partial charge is 0.481 e. The molecule has 42 heavy (non-hydrogen) atoms. The van der Waals surface area contributed by atoms with Crippen LogP contribution in [0.15, 0.2) is 0 Å². The van der Waals surface area contributed by atoms with Crippen LogP contribution >= 0.6 is 0 Å². The van der Waals surface area contributed by atoms with Crippen molar-refractivity contribution in [2.75, 3.05) is 13.1 Å². The van der Waals surface area contributed by atoms with Gasteiger partial charge in [-0.05, 0) is 64.3 Å². The van der Waals surface area contributed by atoms with Gasteiger partial charge in [-0.15, -0.1) is 0 Å². The van der Waals surface area contributed by atoms with Gasteiger partial charge in [-0.25, -0.2) is 19.2 Å². The Hall–Kier alpha value is -3.95. The number of carbonyl (C=O) groups is 7. The second-order valence-electron chi connectivity index (χ2n) is 9.83. The molecule has 0 aliphatic rings. The highest BCUT2D eigenvalue weighted by atomic mass is 16.4. The summed E-state index contributed by atoms with van der Waals surface area (Å²) in [5.74, 6) is -5.59. The van der Waals surface area contributed by atoms with E-state index in [1.807, 2.05) is 0 Å². The van der Waals surface area contributed by atoms with Gasteiger partial charge in [-0.1, -0.05) is 12.8 Å². The van der Waals surface area contributed by atoms with Gasteiger partial charge >= 0.3 is 29.9 Å². The molecular formula is C26H45N5O11. The highest BCUT2D eigenvalue weighted by Crippen LogP contribution is 2.08. The van der Waals surface area contributed by atoms with Crippen molar-refractivity contribution in [3.63, 3.8) is 0 Å². The first-order chi connectivity index (χ1) is 19.9. The van der Waals surface area contributed by atoms with Crippen molar-refractivity contribution in [3.8, 4) is 0 Å². The maximum absolute atomic E-state index is 12.0. The number of unbranched alkanes of at least 4 members (excludes halogenated alkanes) is 5. The fraction of sp³-hybridized carbons (Fsp3) is 0.731. The molecular weight excluding hydrogens is 558 g/mol. The zero-order valence-corrected chi connectivity index (χ0v) is 23.8. The minimum Gasteiger partial charge on any atom is -0.481 e. The van der Waals surface area contributed by atoms with E-state index in [-0.39, 0.29) is 37.5 Å². The maximum atomic E-state index is 12.0. The van der Waals surface area contributed by atoms with Crippen molar-refractivity contribution in [1.29, 1.82) is 0 Å². The number of amides is 4. The van der Waals surface area contributed by atoms with Crippen LogP contribution in [0.1, 0.15) is 89.9 Å². The minimum absolute atomic E-state index is 0.0278. The van der Waals surface area contributed by atoms with Gasteiger partial charge in [0.05, 0.1) is 0 Å². The zero-order chi connectivity index (χ0) is 31.9. The Morgan fingerprint density at radius 3 is 1.50 bits per heavy atom. The number of hydrogen-bond donors (Lipinski definition) is 9. The Bertz CT molecular complexity index is 900. The van der Waals surface area contributed by atoms with E-state index in [1.165, 1.54) is 0 Å². The van der Waals surface area contributed by atoms with Gasteiger partial charge < -0.3 is 47.4 Å². The average molecular weight is 604 g/mol. The third-order valence-electron chi connectivity index (χ3n) is 6.23. The monoisotopic (exact) mass is 603 g/mol. The Labute approximate surface area is 244 Å². The van der Waals surface area contributed by atoms with Crippen molar-refractivity contribution in [3.05, 3.63) is 0 Å². The van der Waals surface area contributed by atoms with Crippen LogP contribution in [0.5, 0.6) is 0 Å². The molecule has 0 aromatic heterocycles. The van der Waals surface area contributed by atoms with Gasteiger partial charge in [0.15, 0.2) is 0 Å². The molecule has 0 aliphatic heterocycles. The number of nitrogens with one attached hydrogen (secondary N) is 4. The molecule has 0 aromatic carbocycles. The number of carboxylic acid groups (broad SMARTS) is 4. The summed E-state index contributed by atoms with van der Waals surface area (Å²) in [6, 6.07) is -4.76. The smallest absolute Gasteiger partial charge is 0.326 e. The van der Waals surface area contributed by atoms with E-state index >= 15 is 0 Å². The van der Waals surface area contributed by atoms with Crippen LogP contribution < -0.4 is 27.0 Å². The molecule has 0 fully saturated rings. The molecule has 0 rings (SSSR count). The molecule has 16 heteroatoms. The highest BCUT2D eigenvalue weighted by molar-refractivity contribution is 5.86.